The van der Waals surface area contributed by atoms with Crippen LogP contribution in [0.4, 0.5) is 5.69 Å². The number of hydrogen-bond donors (Lipinski definition) is 1. The quantitative estimate of drug-likeness (QED) is 0.894. The van der Waals surface area contributed by atoms with Crippen LogP contribution < -0.4 is 10.9 Å². The maximum Gasteiger partial charge on any atom is 0.282 e. The first-order valence-corrected chi connectivity index (χ1v) is 7.97. The normalized spacial score (nSPS) is 15.8. The molecule has 0 radical (unpaired) electrons. The molecule has 1 N–H and O–H groups in total. The van der Waals surface area contributed by atoms with E-state index in [4.69, 9.17) is 11.6 Å². The van der Waals surface area contributed by atoms with Gasteiger partial charge in [0.1, 0.15) is 4.47 Å². The molecule has 1 unspecified atom stereocenters. The standard InChI is InChI=1S/C15H15BrClN3O/c1-20-15(21)13(16)12(8-18-20)19-14(9-2-3-9)10-4-6-11(17)7-5-10/h4-9,14,19H,2-3H2,1H3. The van der Waals surface area contributed by atoms with Gasteiger partial charge in [0.2, 0.25) is 0 Å². The minimum Gasteiger partial charge on any atom is -0.376 e. The first-order valence-electron chi connectivity index (χ1n) is 6.80. The first-order chi connectivity index (χ1) is 10.1. The Kier molecular flexibility index (Phi) is 4.04. The Labute approximate surface area is 136 Å². The van der Waals surface area contributed by atoms with Crippen LogP contribution in [0.3, 0.4) is 0 Å². The molecule has 1 aromatic carbocycles. The predicted molar refractivity (Wildman–Crippen MR) is 87.7 cm³/mol. The third kappa shape index (κ3) is 3.14. The van der Waals surface area contributed by atoms with Crippen LogP contribution in [-0.4, -0.2) is 9.78 Å². The third-order valence-corrected chi connectivity index (χ3v) is 4.73. The van der Waals surface area contributed by atoms with E-state index in [-0.39, 0.29) is 11.6 Å². The summed E-state index contributed by atoms with van der Waals surface area (Å²) in [7, 11) is 1.63. The minimum atomic E-state index is -0.148. The fourth-order valence-electron chi connectivity index (χ4n) is 2.35. The van der Waals surface area contributed by atoms with Gasteiger partial charge in [-0.25, -0.2) is 4.68 Å². The van der Waals surface area contributed by atoms with Crippen molar-refractivity contribution in [3.63, 3.8) is 0 Å². The van der Waals surface area contributed by atoms with E-state index in [0.717, 1.165) is 10.7 Å². The number of aromatic nitrogens is 2. The molecule has 0 amide bonds. The molecule has 6 heteroatoms. The van der Waals surface area contributed by atoms with Gasteiger partial charge in [0.25, 0.3) is 5.56 Å². The highest BCUT2D eigenvalue weighted by Crippen LogP contribution is 2.43. The predicted octanol–water partition coefficient (Wildman–Crippen LogP) is 3.76. The average molecular weight is 369 g/mol. The summed E-state index contributed by atoms with van der Waals surface area (Å²) in [6.45, 7) is 0. The highest BCUT2D eigenvalue weighted by Gasteiger charge is 2.32. The van der Waals surface area contributed by atoms with Crippen LogP contribution in [0.2, 0.25) is 5.02 Å². The molecule has 3 rings (SSSR count). The Balaban J connectivity index is 1.91. The zero-order chi connectivity index (χ0) is 15.0. The first kappa shape index (κ1) is 14.6. The topological polar surface area (TPSA) is 46.9 Å². The molecule has 21 heavy (non-hydrogen) atoms. The number of nitrogens with zero attached hydrogens (tertiary/aromatic N) is 2. The van der Waals surface area contributed by atoms with E-state index < -0.39 is 0 Å². The Morgan fingerprint density at radius 3 is 2.67 bits per heavy atom. The summed E-state index contributed by atoms with van der Waals surface area (Å²) < 4.78 is 1.82. The lowest BCUT2D eigenvalue weighted by Gasteiger charge is -2.20. The summed E-state index contributed by atoms with van der Waals surface area (Å²) in [6.07, 6.45) is 4.06. The lowest BCUT2D eigenvalue weighted by Crippen LogP contribution is -2.23. The Morgan fingerprint density at radius 2 is 2.05 bits per heavy atom. The molecular weight excluding hydrogens is 354 g/mol. The van der Waals surface area contributed by atoms with Gasteiger partial charge >= 0.3 is 0 Å². The number of halogens is 2. The molecule has 1 aliphatic rings. The Morgan fingerprint density at radius 1 is 1.38 bits per heavy atom. The van der Waals surface area contributed by atoms with Crippen molar-refractivity contribution in [2.24, 2.45) is 13.0 Å². The van der Waals surface area contributed by atoms with Crippen LogP contribution in [0.1, 0.15) is 24.4 Å². The number of hydrogen-bond acceptors (Lipinski definition) is 3. The Hall–Kier alpha value is -1.33. The second-order valence-corrected chi connectivity index (χ2v) is 6.54. The van der Waals surface area contributed by atoms with E-state index in [1.165, 1.54) is 23.1 Å². The molecule has 1 aliphatic carbocycles. The van der Waals surface area contributed by atoms with E-state index >= 15 is 0 Å². The largest absolute Gasteiger partial charge is 0.376 e. The van der Waals surface area contributed by atoms with Crippen LogP contribution in [0.5, 0.6) is 0 Å². The van der Waals surface area contributed by atoms with Crippen molar-refractivity contribution in [3.8, 4) is 0 Å². The average Bonchev–Trinajstić information content (AvgIpc) is 3.30. The summed E-state index contributed by atoms with van der Waals surface area (Å²) in [4.78, 5) is 11.9. The van der Waals surface area contributed by atoms with Gasteiger partial charge in [0, 0.05) is 12.1 Å². The number of aryl methyl sites for hydroxylation is 1. The van der Waals surface area contributed by atoms with Gasteiger partial charge in [-0.2, -0.15) is 5.10 Å². The zero-order valence-corrected chi connectivity index (χ0v) is 13.9. The van der Waals surface area contributed by atoms with Gasteiger partial charge in [-0.3, -0.25) is 4.79 Å². The van der Waals surface area contributed by atoms with Gasteiger partial charge in [0.15, 0.2) is 0 Å². The fraction of sp³-hybridized carbons (Fsp3) is 0.333. The summed E-state index contributed by atoms with van der Waals surface area (Å²) in [5.74, 6) is 0.585. The van der Waals surface area contributed by atoms with Crippen LogP contribution in [0.25, 0.3) is 0 Å². The molecule has 0 aliphatic heterocycles. The molecule has 110 valence electrons. The molecule has 4 nitrogen and oxygen atoms in total. The zero-order valence-electron chi connectivity index (χ0n) is 11.5. The fourth-order valence-corrected chi connectivity index (χ4v) is 2.95. The summed E-state index contributed by atoms with van der Waals surface area (Å²) in [5.41, 5.74) is 1.75. The molecular formula is C15H15BrClN3O. The molecule has 2 aromatic rings. The van der Waals surface area contributed by atoms with E-state index in [0.29, 0.717) is 10.4 Å². The lowest BCUT2D eigenvalue weighted by atomic mass is 10.0. The SMILES string of the molecule is Cn1ncc(NC(c2ccc(Cl)cc2)C2CC2)c(Br)c1=O. The van der Waals surface area contributed by atoms with Crippen molar-refractivity contribution >= 4 is 33.2 Å². The van der Waals surface area contributed by atoms with Crippen LogP contribution in [0.15, 0.2) is 39.7 Å². The van der Waals surface area contributed by atoms with E-state index in [9.17, 15) is 4.79 Å². The number of anilines is 1. The van der Waals surface area contributed by atoms with Crippen molar-refractivity contribution in [2.75, 3.05) is 5.32 Å². The molecule has 0 bridgehead atoms. The smallest absolute Gasteiger partial charge is 0.282 e. The molecule has 1 atom stereocenters. The molecule has 1 aromatic heterocycles. The minimum absolute atomic E-state index is 0.148. The van der Waals surface area contributed by atoms with Gasteiger partial charge in [0.05, 0.1) is 17.9 Å². The molecule has 1 heterocycles. The van der Waals surface area contributed by atoms with Gasteiger partial charge in [-0.05, 0) is 52.4 Å². The van der Waals surface area contributed by atoms with Crippen molar-refractivity contribution in [1.82, 2.24) is 9.78 Å². The Bertz CT molecular complexity index is 710. The highest BCUT2D eigenvalue weighted by atomic mass is 79.9. The van der Waals surface area contributed by atoms with Crippen molar-refractivity contribution < 1.29 is 0 Å². The lowest BCUT2D eigenvalue weighted by molar-refractivity contribution is 0.667. The highest BCUT2D eigenvalue weighted by molar-refractivity contribution is 9.10. The van der Waals surface area contributed by atoms with Gasteiger partial charge < -0.3 is 5.32 Å². The second kappa shape index (κ2) is 5.81. The van der Waals surface area contributed by atoms with Crippen LogP contribution >= 0.6 is 27.5 Å². The monoisotopic (exact) mass is 367 g/mol. The van der Waals surface area contributed by atoms with E-state index in [1.807, 2.05) is 24.3 Å². The number of rotatable bonds is 4. The number of benzene rings is 1. The second-order valence-electron chi connectivity index (χ2n) is 5.31. The molecule has 1 saturated carbocycles. The summed E-state index contributed by atoms with van der Waals surface area (Å²) in [6, 6.07) is 8.02. The van der Waals surface area contributed by atoms with E-state index in [2.05, 4.69) is 26.3 Å². The maximum absolute atomic E-state index is 11.9. The van der Waals surface area contributed by atoms with Gasteiger partial charge in [-0.15, -0.1) is 0 Å². The van der Waals surface area contributed by atoms with Crippen molar-refractivity contribution in [2.45, 2.75) is 18.9 Å². The number of nitrogens with one attached hydrogen (secondary N) is 1. The van der Waals surface area contributed by atoms with Gasteiger partial charge in [-0.1, -0.05) is 23.7 Å². The summed E-state index contributed by atoms with van der Waals surface area (Å²) >= 11 is 9.31. The third-order valence-electron chi connectivity index (χ3n) is 3.71. The van der Waals surface area contributed by atoms with Crippen molar-refractivity contribution in [3.05, 3.63) is 55.9 Å². The molecule has 0 saturated heterocycles. The molecule has 0 spiro atoms. The van der Waals surface area contributed by atoms with Crippen molar-refractivity contribution in [1.29, 1.82) is 0 Å². The maximum atomic E-state index is 11.9. The van der Waals surface area contributed by atoms with Crippen LogP contribution in [0, 0.1) is 5.92 Å². The molecule has 1 fully saturated rings. The van der Waals surface area contributed by atoms with Crippen LogP contribution in [-0.2, 0) is 7.05 Å². The summed E-state index contributed by atoms with van der Waals surface area (Å²) in [5, 5.41) is 8.24. The van der Waals surface area contributed by atoms with E-state index in [1.54, 1.807) is 13.2 Å².